The van der Waals surface area contributed by atoms with E-state index in [1.807, 2.05) is 4.90 Å². The van der Waals surface area contributed by atoms with E-state index in [1.165, 1.54) is 12.1 Å². The van der Waals surface area contributed by atoms with Crippen LogP contribution >= 0.6 is 0 Å². The van der Waals surface area contributed by atoms with E-state index in [4.69, 9.17) is 0 Å². The van der Waals surface area contributed by atoms with E-state index in [-0.39, 0.29) is 29.3 Å². The van der Waals surface area contributed by atoms with Crippen molar-refractivity contribution >= 4 is 17.7 Å². The molecule has 1 saturated carbocycles. The van der Waals surface area contributed by atoms with Gasteiger partial charge in [0.25, 0.3) is 5.91 Å². The number of piperazine rings is 1. The molecule has 2 saturated heterocycles. The van der Waals surface area contributed by atoms with Gasteiger partial charge in [-0.25, -0.2) is 4.39 Å². The van der Waals surface area contributed by atoms with E-state index in [0.717, 1.165) is 45.1 Å². The van der Waals surface area contributed by atoms with Crippen LogP contribution in [0.5, 0.6) is 0 Å². The van der Waals surface area contributed by atoms with Gasteiger partial charge in [0.05, 0.1) is 11.6 Å². The number of carbonyl (C=O) groups is 3. The number of benzene rings is 1. The molecular weight excluding hydrogens is 423 g/mol. The summed E-state index contributed by atoms with van der Waals surface area (Å²) in [6, 6.07) is 5.90. The first-order chi connectivity index (χ1) is 16.0. The minimum absolute atomic E-state index is 0.0588. The number of hydrogen-bond donors (Lipinski definition) is 1. The van der Waals surface area contributed by atoms with E-state index in [9.17, 15) is 18.8 Å². The van der Waals surface area contributed by atoms with E-state index < -0.39 is 5.82 Å². The third-order valence-corrected chi connectivity index (χ3v) is 7.29. The average Bonchev–Trinajstić information content (AvgIpc) is 3.49. The molecule has 8 heteroatoms. The summed E-state index contributed by atoms with van der Waals surface area (Å²) < 4.78 is 14.0. The topological polar surface area (TPSA) is 73.0 Å². The molecule has 1 N–H and O–H groups in total. The lowest BCUT2D eigenvalue weighted by Crippen LogP contribution is -2.58. The highest BCUT2D eigenvalue weighted by Gasteiger charge is 2.37. The Bertz CT molecular complexity index is 850. The second-order valence-electron chi connectivity index (χ2n) is 9.43. The molecule has 1 unspecified atom stereocenters. The highest BCUT2D eigenvalue weighted by molar-refractivity contribution is 5.94. The molecule has 0 spiro atoms. The Morgan fingerprint density at radius 2 is 1.76 bits per heavy atom. The Kier molecular flexibility index (Phi) is 7.96. The van der Waals surface area contributed by atoms with Crippen molar-refractivity contribution in [3.63, 3.8) is 0 Å². The molecule has 0 aromatic heterocycles. The summed E-state index contributed by atoms with van der Waals surface area (Å²) in [5.41, 5.74) is 0.104. The van der Waals surface area contributed by atoms with Crippen LogP contribution in [0.25, 0.3) is 0 Å². The normalized spacial score (nSPS) is 20.9. The molecule has 7 nitrogen and oxygen atoms in total. The van der Waals surface area contributed by atoms with Crippen LogP contribution < -0.4 is 5.32 Å². The molecule has 2 heterocycles. The summed E-state index contributed by atoms with van der Waals surface area (Å²) in [7, 11) is 0. The maximum Gasteiger partial charge on any atom is 0.256 e. The Balaban J connectivity index is 1.30. The van der Waals surface area contributed by atoms with Gasteiger partial charge in [0, 0.05) is 52.2 Å². The number of rotatable bonds is 8. The van der Waals surface area contributed by atoms with Gasteiger partial charge in [0.15, 0.2) is 0 Å². The SMILES string of the molecule is O=C(NCCCN1CCCC1=O)C(C1CCCC1)N1CCN(C(=O)c2ccccc2F)CC1. The first-order valence-corrected chi connectivity index (χ1v) is 12.4. The molecule has 180 valence electrons. The fourth-order valence-corrected chi connectivity index (χ4v) is 5.49. The zero-order chi connectivity index (χ0) is 23.2. The zero-order valence-corrected chi connectivity index (χ0v) is 19.3. The van der Waals surface area contributed by atoms with Crippen LogP contribution in [0.15, 0.2) is 24.3 Å². The number of likely N-dealkylation sites (tertiary alicyclic amines) is 1. The summed E-state index contributed by atoms with van der Waals surface area (Å²) in [5, 5.41) is 3.11. The van der Waals surface area contributed by atoms with Gasteiger partial charge in [-0.05, 0) is 43.7 Å². The third kappa shape index (κ3) is 5.72. The van der Waals surface area contributed by atoms with Crippen LogP contribution in [0.2, 0.25) is 0 Å². The Labute approximate surface area is 195 Å². The summed E-state index contributed by atoms with van der Waals surface area (Å²) in [6.07, 6.45) is 6.74. The molecule has 1 aromatic rings. The summed E-state index contributed by atoms with van der Waals surface area (Å²) in [4.78, 5) is 43.5. The molecule has 2 aliphatic heterocycles. The number of nitrogens with zero attached hydrogens (tertiary/aromatic N) is 3. The van der Waals surface area contributed by atoms with Gasteiger partial charge in [-0.3, -0.25) is 19.3 Å². The Morgan fingerprint density at radius 1 is 1.03 bits per heavy atom. The molecule has 1 aliphatic carbocycles. The van der Waals surface area contributed by atoms with Gasteiger partial charge in [0.2, 0.25) is 11.8 Å². The van der Waals surface area contributed by atoms with Crippen molar-refractivity contribution in [2.75, 3.05) is 45.8 Å². The van der Waals surface area contributed by atoms with Crippen LogP contribution in [0.3, 0.4) is 0 Å². The molecule has 3 aliphatic rings. The zero-order valence-electron chi connectivity index (χ0n) is 19.3. The van der Waals surface area contributed by atoms with Gasteiger partial charge < -0.3 is 15.1 Å². The van der Waals surface area contributed by atoms with Crippen molar-refractivity contribution in [1.29, 1.82) is 0 Å². The molecule has 33 heavy (non-hydrogen) atoms. The quantitative estimate of drug-likeness (QED) is 0.607. The third-order valence-electron chi connectivity index (χ3n) is 7.29. The van der Waals surface area contributed by atoms with Crippen molar-refractivity contribution in [2.24, 2.45) is 5.92 Å². The monoisotopic (exact) mass is 458 g/mol. The molecule has 0 radical (unpaired) electrons. The van der Waals surface area contributed by atoms with E-state index >= 15 is 0 Å². The van der Waals surface area contributed by atoms with Crippen LogP contribution in [0, 0.1) is 11.7 Å². The second-order valence-corrected chi connectivity index (χ2v) is 9.43. The van der Waals surface area contributed by atoms with Crippen LogP contribution in [0.4, 0.5) is 4.39 Å². The first-order valence-electron chi connectivity index (χ1n) is 12.4. The van der Waals surface area contributed by atoms with Crippen molar-refractivity contribution in [3.8, 4) is 0 Å². The van der Waals surface area contributed by atoms with Crippen molar-refractivity contribution < 1.29 is 18.8 Å². The summed E-state index contributed by atoms with van der Waals surface area (Å²) in [6.45, 7) is 4.28. The molecular formula is C25H35FN4O3. The fourth-order valence-electron chi connectivity index (χ4n) is 5.49. The van der Waals surface area contributed by atoms with Crippen molar-refractivity contribution in [1.82, 2.24) is 20.0 Å². The smallest absolute Gasteiger partial charge is 0.256 e. The van der Waals surface area contributed by atoms with E-state index in [1.54, 1.807) is 17.0 Å². The lowest BCUT2D eigenvalue weighted by molar-refractivity contribution is -0.129. The largest absolute Gasteiger partial charge is 0.355 e. The minimum atomic E-state index is -0.497. The van der Waals surface area contributed by atoms with E-state index in [0.29, 0.717) is 51.6 Å². The number of halogens is 1. The van der Waals surface area contributed by atoms with Crippen LogP contribution in [-0.2, 0) is 9.59 Å². The van der Waals surface area contributed by atoms with Gasteiger partial charge in [0.1, 0.15) is 5.82 Å². The van der Waals surface area contributed by atoms with Gasteiger partial charge in [-0.15, -0.1) is 0 Å². The number of hydrogen-bond acceptors (Lipinski definition) is 4. The number of carbonyl (C=O) groups excluding carboxylic acids is 3. The predicted molar refractivity (Wildman–Crippen MR) is 123 cm³/mol. The Hall–Kier alpha value is -2.48. The van der Waals surface area contributed by atoms with Gasteiger partial charge in [-0.2, -0.15) is 0 Å². The number of amides is 3. The number of nitrogens with one attached hydrogen (secondary N) is 1. The first kappa shape index (κ1) is 23.7. The van der Waals surface area contributed by atoms with Gasteiger partial charge in [-0.1, -0.05) is 25.0 Å². The average molecular weight is 459 g/mol. The van der Waals surface area contributed by atoms with Gasteiger partial charge >= 0.3 is 0 Å². The summed E-state index contributed by atoms with van der Waals surface area (Å²) in [5.74, 6) is -0.176. The standard InChI is InChI=1S/C25H35FN4O3/c26-21-10-4-3-9-20(21)25(33)30-17-15-29(16-18-30)23(19-7-1-2-8-19)24(32)27-12-6-14-28-13-5-11-22(28)31/h3-4,9-10,19,23H,1-2,5-8,11-18H2,(H,27,32). The molecule has 3 fully saturated rings. The van der Waals surface area contributed by atoms with Crippen molar-refractivity contribution in [2.45, 2.75) is 51.0 Å². The lowest BCUT2D eigenvalue weighted by Gasteiger charge is -2.40. The highest BCUT2D eigenvalue weighted by Crippen LogP contribution is 2.31. The fraction of sp³-hybridized carbons (Fsp3) is 0.640. The lowest BCUT2D eigenvalue weighted by atomic mass is 9.95. The highest BCUT2D eigenvalue weighted by atomic mass is 19.1. The van der Waals surface area contributed by atoms with Crippen molar-refractivity contribution in [3.05, 3.63) is 35.6 Å². The Morgan fingerprint density at radius 3 is 2.42 bits per heavy atom. The van der Waals surface area contributed by atoms with E-state index in [2.05, 4.69) is 10.2 Å². The molecule has 1 atom stereocenters. The maximum absolute atomic E-state index is 14.0. The predicted octanol–water partition coefficient (Wildman–Crippen LogP) is 2.27. The summed E-state index contributed by atoms with van der Waals surface area (Å²) >= 11 is 0. The molecule has 3 amide bonds. The minimum Gasteiger partial charge on any atom is -0.355 e. The second kappa shape index (κ2) is 11.1. The maximum atomic E-state index is 14.0. The molecule has 0 bridgehead atoms. The van der Waals surface area contributed by atoms with Crippen LogP contribution in [-0.4, -0.2) is 84.3 Å². The molecule has 4 rings (SSSR count). The molecule has 1 aromatic carbocycles. The van der Waals surface area contributed by atoms with Crippen LogP contribution in [0.1, 0.15) is 55.3 Å².